The van der Waals surface area contributed by atoms with Crippen LogP contribution in [0.5, 0.6) is 0 Å². The lowest BCUT2D eigenvalue weighted by Crippen LogP contribution is -2.36. The minimum absolute atomic E-state index is 0.571. The summed E-state index contributed by atoms with van der Waals surface area (Å²) in [6.45, 7) is 2.26. The number of aliphatic hydroxyl groups is 1. The van der Waals surface area contributed by atoms with E-state index in [-0.39, 0.29) is 0 Å². The van der Waals surface area contributed by atoms with Gasteiger partial charge in [0, 0.05) is 0 Å². The molecule has 0 spiro atoms. The molecule has 2 nitrogen and oxygen atoms in total. The fraction of sp³-hybridized carbons (Fsp3) is 0.400. The number of hydrogen-bond donors (Lipinski definition) is 1. The molecule has 22 heavy (non-hydrogen) atoms. The van der Waals surface area contributed by atoms with Crippen molar-refractivity contribution in [1.29, 1.82) is 0 Å². The third-order valence-electron chi connectivity index (χ3n) is 4.92. The second-order valence-electron chi connectivity index (χ2n) is 6.54. The Morgan fingerprint density at radius 2 is 1.36 bits per heavy atom. The van der Waals surface area contributed by atoms with Gasteiger partial charge in [-0.2, -0.15) is 0 Å². The van der Waals surface area contributed by atoms with E-state index in [0.29, 0.717) is 5.92 Å². The number of nitrogens with zero attached hydrogens (tertiary/aromatic N) is 1. The monoisotopic (exact) mass is 295 g/mol. The second-order valence-corrected chi connectivity index (χ2v) is 6.54. The first-order valence-corrected chi connectivity index (χ1v) is 8.20. The molecule has 0 aliphatic carbocycles. The van der Waals surface area contributed by atoms with E-state index in [9.17, 15) is 5.11 Å². The van der Waals surface area contributed by atoms with Gasteiger partial charge < -0.3 is 10.0 Å². The summed E-state index contributed by atoms with van der Waals surface area (Å²) in [6, 6.07) is 20.2. The van der Waals surface area contributed by atoms with Gasteiger partial charge in [-0.15, -0.1) is 0 Å². The van der Waals surface area contributed by atoms with Crippen LogP contribution in [0, 0.1) is 5.92 Å². The van der Waals surface area contributed by atoms with Gasteiger partial charge in [-0.1, -0.05) is 60.7 Å². The van der Waals surface area contributed by atoms with Crippen LogP contribution in [0.15, 0.2) is 60.7 Å². The zero-order chi connectivity index (χ0) is 15.4. The van der Waals surface area contributed by atoms with Crippen LogP contribution in [0.3, 0.4) is 0 Å². The van der Waals surface area contributed by atoms with Crippen molar-refractivity contribution >= 4 is 0 Å². The molecule has 1 aliphatic heterocycles. The number of piperidine rings is 1. The molecule has 1 saturated heterocycles. The molecule has 1 heterocycles. The Balaban J connectivity index is 1.90. The fourth-order valence-electron chi connectivity index (χ4n) is 3.51. The molecule has 116 valence electrons. The van der Waals surface area contributed by atoms with E-state index in [4.69, 9.17) is 0 Å². The topological polar surface area (TPSA) is 23.5 Å². The Kier molecular flexibility index (Phi) is 4.60. The molecule has 0 amide bonds. The standard InChI is InChI=1S/C20H25NO/c1-21-14-12-17(13-15-21)16-20(22,18-8-4-2-5-9-18)19-10-6-3-7-11-19/h2-11,17,22H,12-16H2,1H3. The van der Waals surface area contributed by atoms with E-state index in [1.54, 1.807) is 0 Å². The van der Waals surface area contributed by atoms with Gasteiger partial charge in [0.2, 0.25) is 0 Å². The molecule has 0 unspecified atom stereocenters. The van der Waals surface area contributed by atoms with Crippen LogP contribution in [0.1, 0.15) is 30.4 Å². The summed E-state index contributed by atoms with van der Waals surface area (Å²) in [7, 11) is 2.18. The summed E-state index contributed by atoms with van der Waals surface area (Å²) < 4.78 is 0. The minimum Gasteiger partial charge on any atom is -0.380 e. The summed E-state index contributed by atoms with van der Waals surface area (Å²) in [5.74, 6) is 0.571. The highest BCUT2D eigenvalue weighted by molar-refractivity contribution is 5.35. The van der Waals surface area contributed by atoms with E-state index in [1.165, 1.54) is 12.8 Å². The first kappa shape index (κ1) is 15.3. The largest absolute Gasteiger partial charge is 0.380 e. The molecule has 3 rings (SSSR count). The predicted molar refractivity (Wildman–Crippen MR) is 90.7 cm³/mol. The second kappa shape index (κ2) is 6.64. The first-order chi connectivity index (χ1) is 10.7. The van der Waals surface area contributed by atoms with E-state index in [1.807, 2.05) is 60.7 Å². The zero-order valence-electron chi connectivity index (χ0n) is 13.3. The van der Waals surface area contributed by atoms with Crippen molar-refractivity contribution in [1.82, 2.24) is 4.90 Å². The Bertz CT molecular complexity index is 534. The first-order valence-electron chi connectivity index (χ1n) is 8.20. The molecular formula is C20H25NO. The highest BCUT2D eigenvalue weighted by Gasteiger charge is 2.35. The molecule has 0 aromatic heterocycles. The zero-order valence-corrected chi connectivity index (χ0v) is 13.3. The normalized spacial score (nSPS) is 17.5. The number of rotatable bonds is 4. The van der Waals surface area contributed by atoms with Crippen molar-refractivity contribution < 1.29 is 5.11 Å². The summed E-state index contributed by atoms with van der Waals surface area (Å²) in [6.07, 6.45) is 3.13. The number of benzene rings is 2. The van der Waals surface area contributed by atoms with Gasteiger partial charge in [0.15, 0.2) is 0 Å². The molecule has 0 atom stereocenters. The van der Waals surface area contributed by atoms with E-state index < -0.39 is 5.60 Å². The van der Waals surface area contributed by atoms with Gasteiger partial charge in [0.1, 0.15) is 5.60 Å². The SMILES string of the molecule is CN1CCC(CC(O)(c2ccccc2)c2ccccc2)CC1. The average Bonchev–Trinajstić information content (AvgIpc) is 2.58. The Hall–Kier alpha value is -1.64. The molecule has 0 saturated carbocycles. The van der Waals surface area contributed by atoms with E-state index in [0.717, 1.165) is 30.6 Å². The molecular weight excluding hydrogens is 270 g/mol. The third-order valence-corrected chi connectivity index (χ3v) is 4.92. The highest BCUT2D eigenvalue weighted by Crippen LogP contribution is 2.38. The van der Waals surface area contributed by atoms with Crippen LogP contribution >= 0.6 is 0 Å². The van der Waals surface area contributed by atoms with Crippen molar-refractivity contribution in [2.24, 2.45) is 5.92 Å². The van der Waals surface area contributed by atoms with Crippen molar-refractivity contribution in [3.8, 4) is 0 Å². The van der Waals surface area contributed by atoms with Gasteiger partial charge >= 0.3 is 0 Å². The summed E-state index contributed by atoms with van der Waals surface area (Å²) in [4.78, 5) is 2.38. The number of likely N-dealkylation sites (tertiary alicyclic amines) is 1. The van der Waals surface area contributed by atoms with Crippen molar-refractivity contribution in [3.63, 3.8) is 0 Å². The van der Waals surface area contributed by atoms with Crippen LogP contribution < -0.4 is 0 Å². The minimum atomic E-state index is -0.886. The Morgan fingerprint density at radius 1 is 0.909 bits per heavy atom. The maximum Gasteiger partial charge on any atom is 0.115 e. The van der Waals surface area contributed by atoms with Crippen molar-refractivity contribution in [2.75, 3.05) is 20.1 Å². The summed E-state index contributed by atoms with van der Waals surface area (Å²) in [5, 5.41) is 11.6. The van der Waals surface area contributed by atoms with Gasteiger partial charge in [0.25, 0.3) is 0 Å². The third kappa shape index (κ3) is 3.23. The molecule has 2 heteroatoms. The highest BCUT2D eigenvalue weighted by atomic mass is 16.3. The molecule has 0 bridgehead atoms. The van der Waals surface area contributed by atoms with E-state index in [2.05, 4.69) is 11.9 Å². The maximum atomic E-state index is 11.6. The van der Waals surface area contributed by atoms with Gasteiger partial charge in [-0.25, -0.2) is 0 Å². The molecule has 1 aliphatic rings. The van der Waals surface area contributed by atoms with Crippen LogP contribution in [0.2, 0.25) is 0 Å². The molecule has 0 radical (unpaired) electrons. The maximum absolute atomic E-state index is 11.6. The van der Waals surface area contributed by atoms with Gasteiger partial charge in [0.05, 0.1) is 0 Å². The van der Waals surface area contributed by atoms with Gasteiger partial charge in [-0.05, 0) is 56.4 Å². The lowest BCUT2D eigenvalue weighted by molar-refractivity contribution is 0.0392. The van der Waals surface area contributed by atoms with Crippen LogP contribution in [0.4, 0.5) is 0 Å². The number of hydrogen-bond acceptors (Lipinski definition) is 2. The molecule has 1 fully saturated rings. The Morgan fingerprint density at radius 3 is 1.82 bits per heavy atom. The molecule has 2 aromatic carbocycles. The van der Waals surface area contributed by atoms with E-state index >= 15 is 0 Å². The molecule has 2 aromatic rings. The fourth-order valence-corrected chi connectivity index (χ4v) is 3.51. The van der Waals surface area contributed by atoms with Crippen LogP contribution in [-0.4, -0.2) is 30.1 Å². The summed E-state index contributed by atoms with van der Waals surface area (Å²) >= 11 is 0. The summed E-state index contributed by atoms with van der Waals surface area (Å²) in [5.41, 5.74) is 1.11. The van der Waals surface area contributed by atoms with Gasteiger partial charge in [-0.3, -0.25) is 0 Å². The lowest BCUT2D eigenvalue weighted by Gasteiger charge is -2.36. The van der Waals surface area contributed by atoms with Crippen LogP contribution in [0.25, 0.3) is 0 Å². The smallest absolute Gasteiger partial charge is 0.115 e. The lowest BCUT2D eigenvalue weighted by atomic mass is 9.77. The average molecular weight is 295 g/mol. The Labute approximate surface area is 133 Å². The van der Waals surface area contributed by atoms with Crippen molar-refractivity contribution in [3.05, 3.63) is 71.8 Å². The van der Waals surface area contributed by atoms with Crippen LogP contribution in [-0.2, 0) is 5.60 Å². The van der Waals surface area contributed by atoms with Crippen molar-refractivity contribution in [2.45, 2.75) is 24.9 Å². The molecule has 1 N–H and O–H groups in total. The predicted octanol–water partition coefficient (Wildman–Crippen LogP) is 3.65. The quantitative estimate of drug-likeness (QED) is 0.930.